The predicted molar refractivity (Wildman–Crippen MR) is 132 cm³/mol. The van der Waals surface area contributed by atoms with Gasteiger partial charge in [-0.2, -0.15) is 0 Å². The van der Waals surface area contributed by atoms with Gasteiger partial charge in [0, 0.05) is 16.5 Å². The number of hydrogen-bond acceptors (Lipinski definition) is 9. The third-order valence-corrected chi connectivity index (χ3v) is 6.56. The Morgan fingerprint density at radius 2 is 2.06 bits per heavy atom. The van der Waals surface area contributed by atoms with Crippen molar-refractivity contribution < 1.29 is 34.1 Å². The first-order valence-corrected chi connectivity index (χ1v) is 12.2. The number of esters is 1. The molecule has 0 radical (unpaired) electrons. The van der Waals surface area contributed by atoms with Gasteiger partial charge in [-0.1, -0.05) is 12.7 Å². The van der Waals surface area contributed by atoms with Crippen LogP contribution in [0, 0.1) is 0 Å². The number of nitrogens with zero attached hydrogens (tertiary/aromatic N) is 2. The zero-order chi connectivity index (χ0) is 26.2. The minimum atomic E-state index is -0.811. The maximum absolute atomic E-state index is 13.1. The number of fused-ring (bicyclic) bond motifs is 1. The normalized spacial score (nSPS) is 19.3. The summed E-state index contributed by atoms with van der Waals surface area (Å²) in [5.74, 6) is -1.63. The van der Waals surface area contributed by atoms with Crippen LogP contribution >= 0.6 is 11.3 Å². The number of thiazole rings is 1. The van der Waals surface area contributed by atoms with Crippen LogP contribution < -0.4 is 5.32 Å². The van der Waals surface area contributed by atoms with Crippen molar-refractivity contribution in [2.45, 2.75) is 51.3 Å². The minimum Gasteiger partial charge on any atom is -0.504 e. The fourth-order valence-corrected chi connectivity index (χ4v) is 4.97. The molecule has 0 bridgehead atoms. The lowest BCUT2D eigenvalue weighted by atomic mass is 9.83. The second kappa shape index (κ2) is 9.65. The van der Waals surface area contributed by atoms with Crippen LogP contribution in [0.5, 0.6) is 11.5 Å². The standard InChI is InChI=1S/C25H27N3O7S/c1-5-10-34-23(32)20-14(15-12-36-21(26-15)13-6-9-17(29)18(30)11-13)7-8-16-19(22(31)28(16)20)27-24(33)35-25(2,3)4/h5-6,9,11-12,16,19,29-30H,1,7-8,10H2,2-4H3,(H,27,33)/t16-,19+/m1/s1. The van der Waals surface area contributed by atoms with E-state index in [1.807, 2.05) is 0 Å². The van der Waals surface area contributed by atoms with E-state index in [9.17, 15) is 24.6 Å². The van der Waals surface area contributed by atoms with E-state index in [4.69, 9.17) is 9.47 Å². The highest BCUT2D eigenvalue weighted by Crippen LogP contribution is 2.42. The highest BCUT2D eigenvalue weighted by molar-refractivity contribution is 7.13. The summed E-state index contributed by atoms with van der Waals surface area (Å²) in [6.07, 6.45) is 1.64. The minimum absolute atomic E-state index is 0.0308. The van der Waals surface area contributed by atoms with E-state index in [0.717, 1.165) is 0 Å². The Kier molecular flexibility index (Phi) is 6.77. The molecule has 2 aromatic rings. The molecule has 2 amide bonds. The van der Waals surface area contributed by atoms with Gasteiger partial charge >= 0.3 is 12.1 Å². The van der Waals surface area contributed by atoms with E-state index < -0.39 is 35.7 Å². The highest BCUT2D eigenvalue weighted by atomic mass is 32.1. The SMILES string of the molecule is C=CCOC(=O)C1=C(c2csc(-c3ccc(O)c(O)c3)n2)CC[C@@H]2[C@H](NC(=O)OC(C)(C)C)C(=O)N12. The van der Waals surface area contributed by atoms with Gasteiger partial charge in [-0.3, -0.25) is 9.69 Å². The van der Waals surface area contributed by atoms with Crippen molar-refractivity contribution in [3.8, 4) is 22.1 Å². The fourth-order valence-electron chi connectivity index (χ4n) is 4.14. The van der Waals surface area contributed by atoms with E-state index in [1.54, 1.807) is 32.2 Å². The number of carbonyl (C=O) groups is 3. The molecular formula is C25H27N3O7S. The van der Waals surface area contributed by atoms with E-state index in [1.165, 1.54) is 34.4 Å². The van der Waals surface area contributed by atoms with Crippen LogP contribution in [0.2, 0.25) is 0 Å². The number of phenolic OH excluding ortho intramolecular Hbond substituents is 2. The summed E-state index contributed by atoms with van der Waals surface area (Å²) < 4.78 is 10.6. The Morgan fingerprint density at radius 1 is 1.31 bits per heavy atom. The molecule has 1 aromatic carbocycles. The van der Waals surface area contributed by atoms with Crippen LogP contribution in [0.25, 0.3) is 16.1 Å². The number of alkyl carbamates (subject to hydrolysis) is 1. The van der Waals surface area contributed by atoms with Crippen molar-refractivity contribution in [3.05, 3.63) is 47.6 Å². The summed E-state index contributed by atoms with van der Waals surface area (Å²) in [5.41, 5.74) is 1.02. The summed E-state index contributed by atoms with van der Waals surface area (Å²) in [6.45, 7) is 8.71. The lowest BCUT2D eigenvalue weighted by molar-refractivity contribution is -0.155. The number of amides is 2. The second-order valence-corrected chi connectivity index (χ2v) is 10.3. The average molecular weight is 514 g/mol. The number of carbonyl (C=O) groups excluding carboxylic acids is 3. The molecule has 3 heterocycles. The smallest absolute Gasteiger partial charge is 0.408 e. The quantitative estimate of drug-likeness (QED) is 0.231. The zero-order valence-electron chi connectivity index (χ0n) is 20.1. The van der Waals surface area contributed by atoms with Crippen molar-refractivity contribution >= 4 is 34.9 Å². The fraction of sp³-hybridized carbons (Fsp3) is 0.360. The molecule has 1 aromatic heterocycles. The van der Waals surface area contributed by atoms with Gasteiger partial charge in [-0.05, 0) is 51.8 Å². The molecule has 0 saturated carbocycles. The monoisotopic (exact) mass is 513 g/mol. The lowest BCUT2D eigenvalue weighted by Gasteiger charge is -2.50. The Bertz CT molecular complexity index is 1260. The number of nitrogens with one attached hydrogen (secondary N) is 1. The summed E-state index contributed by atoms with van der Waals surface area (Å²) in [7, 11) is 0. The van der Waals surface area contributed by atoms with Crippen molar-refractivity contribution in [1.29, 1.82) is 0 Å². The number of aromatic nitrogens is 1. The second-order valence-electron chi connectivity index (χ2n) is 9.39. The molecule has 11 heteroatoms. The van der Waals surface area contributed by atoms with Crippen LogP contribution in [-0.2, 0) is 19.1 Å². The van der Waals surface area contributed by atoms with Gasteiger partial charge in [0.15, 0.2) is 11.5 Å². The van der Waals surface area contributed by atoms with Crippen LogP contribution in [0.3, 0.4) is 0 Å². The van der Waals surface area contributed by atoms with Crippen LogP contribution in [0.4, 0.5) is 4.79 Å². The molecule has 2 aliphatic heterocycles. The number of phenols is 2. The molecule has 3 N–H and O–H groups in total. The molecule has 1 fully saturated rings. The maximum atomic E-state index is 13.1. The summed E-state index contributed by atoms with van der Waals surface area (Å²) >= 11 is 1.29. The lowest BCUT2D eigenvalue weighted by Crippen LogP contribution is -2.71. The number of aromatic hydroxyl groups is 2. The van der Waals surface area contributed by atoms with Gasteiger partial charge in [0.1, 0.15) is 29.0 Å². The van der Waals surface area contributed by atoms with Crippen molar-refractivity contribution in [3.63, 3.8) is 0 Å². The van der Waals surface area contributed by atoms with Gasteiger partial charge in [0.05, 0.1) is 11.7 Å². The molecule has 0 aliphatic carbocycles. The topological polar surface area (TPSA) is 138 Å². The molecule has 0 unspecified atom stereocenters. The predicted octanol–water partition coefficient (Wildman–Crippen LogP) is 3.56. The van der Waals surface area contributed by atoms with Crippen molar-refractivity contribution in [2.24, 2.45) is 0 Å². The van der Waals surface area contributed by atoms with E-state index >= 15 is 0 Å². The Hall–Kier alpha value is -3.86. The van der Waals surface area contributed by atoms with Gasteiger partial charge in [-0.15, -0.1) is 11.3 Å². The number of hydrogen-bond donors (Lipinski definition) is 3. The summed E-state index contributed by atoms with van der Waals surface area (Å²) in [5, 5.41) is 24.3. The Morgan fingerprint density at radius 3 is 2.72 bits per heavy atom. The highest BCUT2D eigenvalue weighted by Gasteiger charge is 2.54. The average Bonchev–Trinajstić information content (AvgIpc) is 3.30. The third kappa shape index (κ3) is 4.92. The number of β-lactam (4-membered cyclic amide) rings is 1. The van der Waals surface area contributed by atoms with E-state index in [2.05, 4.69) is 16.9 Å². The van der Waals surface area contributed by atoms with E-state index in [-0.39, 0.29) is 23.8 Å². The number of ether oxygens (including phenoxy) is 2. The molecule has 190 valence electrons. The first kappa shape index (κ1) is 25.2. The van der Waals surface area contributed by atoms with Crippen LogP contribution in [-0.4, -0.2) is 62.4 Å². The molecule has 2 aliphatic rings. The van der Waals surface area contributed by atoms with Crippen LogP contribution in [0.15, 0.2) is 41.9 Å². The summed E-state index contributed by atoms with van der Waals surface area (Å²) in [4.78, 5) is 44.3. The largest absolute Gasteiger partial charge is 0.504 e. The van der Waals surface area contributed by atoms with Crippen LogP contribution in [0.1, 0.15) is 39.3 Å². The van der Waals surface area contributed by atoms with Crippen molar-refractivity contribution in [2.75, 3.05) is 6.61 Å². The Balaban J connectivity index is 1.64. The third-order valence-electron chi connectivity index (χ3n) is 5.67. The first-order valence-electron chi connectivity index (χ1n) is 11.3. The van der Waals surface area contributed by atoms with Crippen molar-refractivity contribution in [1.82, 2.24) is 15.2 Å². The molecule has 2 atom stereocenters. The van der Waals surface area contributed by atoms with E-state index in [0.29, 0.717) is 34.7 Å². The van der Waals surface area contributed by atoms with Gasteiger partial charge in [0.2, 0.25) is 0 Å². The molecule has 1 saturated heterocycles. The Labute approximate surface area is 211 Å². The molecule has 4 rings (SSSR count). The molecule has 10 nitrogen and oxygen atoms in total. The number of rotatable bonds is 6. The summed E-state index contributed by atoms with van der Waals surface area (Å²) in [6, 6.07) is 3.15. The zero-order valence-corrected chi connectivity index (χ0v) is 20.9. The maximum Gasteiger partial charge on any atom is 0.408 e. The molecular weight excluding hydrogens is 486 g/mol. The molecule has 36 heavy (non-hydrogen) atoms. The van der Waals surface area contributed by atoms with Gasteiger partial charge in [0.25, 0.3) is 5.91 Å². The molecule has 0 spiro atoms. The first-order chi connectivity index (χ1) is 17.0. The number of allylic oxidation sites excluding steroid dienone is 1. The number of benzene rings is 1. The van der Waals surface area contributed by atoms with Gasteiger partial charge < -0.3 is 25.0 Å². The van der Waals surface area contributed by atoms with Gasteiger partial charge in [-0.25, -0.2) is 14.6 Å².